The molecule has 0 aliphatic rings. The van der Waals surface area contributed by atoms with Gasteiger partial charge in [0.15, 0.2) is 11.5 Å². The fourth-order valence-corrected chi connectivity index (χ4v) is 3.30. The van der Waals surface area contributed by atoms with E-state index in [1.54, 1.807) is 11.8 Å². The van der Waals surface area contributed by atoms with Gasteiger partial charge in [0.2, 0.25) is 5.16 Å². The number of ether oxygens (including phenoxy) is 2. The normalized spacial score (nSPS) is 12.2. The van der Waals surface area contributed by atoms with Crippen molar-refractivity contribution < 1.29 is 14.6 Å². The third-order valence-corrected chi connectivity index (χ3v) is 4.89. The van der Waals surface area contributed by atoms with Crippen LogP contribution in [0.4, 0.5) is 0 Å². The summed E-state index contributed by atoms with van der Waals surface area (Å²) in [5.74, 6) is 1.61. The van der Waals surface area contributed by atoms with E-state index in [-0.39, 0.29) is 6.61 Å². The maximum Gasteiger partial charge on any atom is 0.214 e. The Bertz CT molecular complexity index is 915. The molecule has 0 bridgehead atoms. The molecule has 0 aliphatic carbocycles. The molecular formula is C20H22N4O3S. The lowest BCUT2D eigenvalue weighted by molar-refractivity contribution is 0.124. The molecule has 1 heterocycles. The number of benzene rings is 2. The number of aliphatic hydroxyl groups is 1. The first-order valence-corrected chi connectivity index (χ1v) is 9.78. The molecule has 3 aromatic rings. The number of para-hydroxylation sites is 1. The number of methoxy groups -OCH3 is 1. The van der Waals surface area contributed by atoms with Gasteiger partial charge < -0.3 is 14.6 Å². The Morgan fingerprint density at radius 3 is 2.75 bits per heavy atom. The number of nitrogens with zero attached hydrogens (tertiary/aromatic N) is 4. The van der Waals surface area contributed by atoms with E-state index in [1.165, 1.54) is 11.8 Å². The zero-order chi connectivity index (χ0) is 19.8. The number of tetrazole rings is 1. The fraction of sp³-hybridized carbons (Fsp3) is 0.250. The number of aromatic nitrogens is 4. The molecular weight excluding hydrogens is 376 g/mol. The predicted octanol–water partition coefficient (Wildman–Crippen LogP) is 3.24. The fourth-order valence-electron chi connectivity index (χ4n) is 2.50. The van der Waals surface area contributed by atoms with Crippen molar-refractivity contribution in [2.24, 2.45) is 0 Å². The maximum absolute atomic E-state index is 10.3. The van der Waals surface area contributed by atoms with Crippen LogP contribution in [-0.2, 0) is 0 Å². The highest BCUT2D eigenvalue weighted by atomic mass is 32.2. The molecule has 0 aliphatic heterocycles. The first kappa shape index (κ1) is 19.9. The minimum atomic E-state index is -0.689. The van der Waals surface area contributed by atoms with Crippen LogP contribution in [0.5, 0.6) is 11.5 Å². The summed E-state index contributed by atoms with van der Waals surface area (Å²) >= 11 is 1.37. The first-order chi connectivity index (χ1) is 13.7. The smallest absolute Gasteiger partial charge is 0.214 e. The van der Waals surface area contributed by atoms with Crippen molar-refractivity contribution in [3.8, 4) is 17.2 Å². The largest absolute Gasteiger partial charge is 0.493 e. The van der Waals surface area contributed by atoms with Crippen molar-refractivity contribution in [1.82, 2.24) is 20.2 Å². The molecule has 1 N–H and O–H groups in total. The van der Waals surface area contributed by atoms with E-state index in [2.05, 4.69) is 15.5 Å². The molecule has 28 heavy (non-hydrogen) atoms. The molecule has 0 saturated heterocycles. The second-order valence-electron chi connectivity index (χ2n) is 5.89. The Balaban J connectivity index is 1.56. The number of hydrogen-bond acceptors (Lipinski definition) is 7. The molecule has 146 valence electrons. The van der Waals surface area contributed by atoms with E-state index in [1.807, 2.05) is 67.6 Å². The van der Waals surface area contributed by atoms with Crippen molar-refractivity contribution in [2.45, 2.75) is 18.2 Å². The van der Waals surface area contributed by atoms with Gasteiger partial charge in [-0.25, -0.2) is 0 Å². The minimum absolute atomic E-state index is 0.138. The van der Waals surface area contributed by atoms with Gasteiger partial charge in [0, 0.05) is 5.75 Å². The molecule has 3 rings (SSSR count). The zero-order valence-electron chi connectivity index (χ0n) is 15.7. The molecule has 8 heteroatoms. The summed E-state index contributed by atoms with van der Waals surface area (Å²) in [4.78, 5) is 0. The van der Waals surface area contributed by atoms with E-state index in [9.17, 15) is 5.11 Å². The Morgan fingerprint density at radius 1 is 1.18 bits per heavy atom. The van der Waals surface area contributed by atoms with Crippen molar-refractivity contribution in [2.75, 3.05) is 19.5 Å². The Kier molecular flexibility index (Phi) is 7.05. The number of aliphatic hydroxyl groups excluding tert-OH is 1. The lowest BCUT2D eigenvalue weighted by Gasteiger charge is -2.14. The second-order valence-corrected chi connectivity index (χ2v) is 6.88. The van der Waals surface area contributed by atoms with Crippen LogP contribution < -0.4 is 9.47 Å². The summed E-state index contributed by atoms with van der Waals surface area (Å²) in [6, 6.07) is 15.3. The van der Waals surface area contributed by atoms with Crippen LogP contribution >= 0.6 is 11.8 Å². The highest BCUT2D eigenvalue weighted by molar-refractivity contribution is 7.99. The molecule has 1 aromatic heterocycles. The highest BCUT2D eigenvalue weighted by Gasteiger charge is 2.14. The van der Waals surface area contributed by atoms with Crippen LogP contribution in [0, 0.1) is 0 Å². The van der Waals surface area contributed by atoms with E-state index in [0.717, 1.165) is 11.3 Å². The van der Waals surface area contributed by atoms with E-state index in [4.69, 9.17) is 9.47 Å². The third-order valence-electron chi connectivity index (χ3n) is 3.82. The summed E-state index contributed by atoms with van der Waals surface area (Å²) in [5.41, 5.74) is 1.89. The zero-order valence-corrected chi connectivity index (χ0v) is 16.5. The van der Waals surface area contributed by atoms with Crippen LogP contribution in [0.2, 0.25) is 0 Å². The van der Waals surface area contributed by atoms with Gasteiger partial charge in [-0.3, -0.25) is 0 Å². The molecule has 0 spiro atoms. The van der Waals surface area contributed by atoms with Crippen LogP contribution in [0.3, 0.4) is 0 Å². The number of allylic oxidation sites excluding steroid dienone is 1. The Hall–Kier alpha value is -2.84. The van der Waals surface area contributed by atoms with Crippen LogP contribution in [0.25, 0.3) is 11.8 Å². The van der Waals surface area contributed by atoms with E-state index in [0.29, 0.717) is 22.4 Å². The molecule has 7 nitrogen and oxygen atoms in total. The van der Waals surface area contributed by atoms with Gasteiger partial charge in [0.05, 0.1) is 18.9 Å². The van der Waals surface area contributed by atoms with Crippen molar-refractivity contribution >= 4 is 17.8 Å². The van der Waals surface area contributed by atoms with Gasteiger partial charge in [-0.1, -0.05) is 48.2 Å². The molecule has 0 fully saturated rings. The topological polar surface area (TPSA) is 82.3 Å². The molecule has 1 unspecified atom stereocenters. The predicted molar refractivity (Wildman–Crippen MR) is 109 cm³/mol. The average Bonchev–Trinajstić information content (AvgIpc) is 3.20. The standard InChI is InChI=1S/C20H22N4O3S/c1-3-7-15-10-11-18(19(12-15)26-2)27-13-17(25)14-28-20-21-22-23-24(20)16-8-5-4-6-9-16/h3-12,17,25H,13-14H2,1-2H3/b7-3+. The summed E-state index contributed by atoms with van der Waals surface area (Å²) < 4.78 is 12.7. The van der Waals surface area contributed by atoms with Gasteiger partial charge in [-0.05, 0) is 47.2 Å². The average molecular weight is 398 g/mol. The molecule has 2 aromatic carbocycles. The molecule has 0 saturated carbocycles. The monoisotopic (exact) mass is 398 g/mol. The second kappa shape index (κ2) is 9.91. The molecule has 0 amide bonds. The summed E-state index contributed by atoms with van der Waals surface area (Å²) in [6.07, 6.45) is 3.25. The van der Waals surface area contributed by atoms with Gasteiger partial charge in [0.1, 0.15) is 6.61 Å². The Morgan fingerprint density at radius 2 is 2.00 bits per heavy atom. The van der Waals surface area contributed by atoms with E-state index >= 15 is 0 Å². The van der Waals surface area contributed by atoms with Gasteiger partial charge in [-0.15, -0.1) is 5.10 Å². The third kappa shape index (κ3) is 5.11. The highest BCUT2D eigenvalue weighted by Crippen LogP contribution is 2.29. The number of thioether (sulfide) groups is 1. The number of hydrogen-bond donors (Lipinski definition) is 1. The number of rotatable bonds is 9. The molecule has 0 radical (unpaired) electrons. The minimum Gasteiger partial charge on any atom is -0.493 e. The van der Waals surface area contributed by atoms with Crippen LogP contribution in [-0.4, -0.2) is 50.9 Å². The van der Waals surface area contributed by atoms with Crippen molar-refractivity contribution in [3.05, 3.63) is 60.2 Å². The molecule has 1 atom stereocenters. The summed E-state index contributed by atoms with van der Waals surface area (Å²) in [7, 11) is 1.59. The van der Waals surface area contributed by atoms with Crippen LogP contribution in [0.1, 0.15) is 12.5 Å². The van der Waals surface area contributed by atoms with Gasteiger partial charge in [-0.2, -0.15) is 4.68 Å². The first-order valence-electron chi connectivity index (χ1n) is 8.79. The van der Waals surface area contributed by atoms with E-state index < -0.39 is 6.10 Å². The summed E-state index contributed by atoms with van der Waals surface area (Å²) in [6.45, 7) is 2.10. The lowest BCUT2D eigenvalue weighted by atomic mass is 10.2. The van der Waals surface area contributed by atoms with Crippen LogP contribution in [0.15, 0.2) is 59.8 Å². The maximum atomic E-state index is 10.3. The van der Waals surface area contributed by atoms with Gasteiger partial charge in [0.25, 0.3) is 0 Å². The quantitative estimate of drug-likeness (QED) is 0.554. The van der Waals surface area contributed by atoms with Crippen molar-refractivity contribution in [1.29, 1.82) is 0 Å². The lowest BCUT2D eigenvalue weighted by Crippen LogP contribution is -2.20. The van der Waals surface area contributed by atoms with Gasteiger partial charge >= 0.3 is 0 Å². The van der Waals surface area contributed by atoms with Crippen molar-refractivity contribution in [3.63, 3.8) is 0 Å². The summed E-state index contributed by atoms with van der Waals surface area (Å²) in [5, 5.41) is 22.7. The SMILES string of the molecule is C/C=C/c1ccc(OCC(O)CSc2nnnn2-c2ccccc2)c(OC)c1. The Labute approximate surface area is 168 Å².